The highest BCUT2D eigenvalue weighted by atomic mass is 16.5. The first-order valence-electron chi connectivity index (χ1n) is 17.4. The lowest BCUT2D eigenvalue weighted by Crippen LogP contribution is -2.54. The van der Waals surface area contributed by atoms with Crippen LogP contribution in [0.2, 0.25) is 0 Å². The highest BCUT2D eigenvalue weighted by molar-refractivity contribution is 5.61. The average molecular weight is 590 g/mol. The molecule has 2 atom stereocenters. The summed E-state index contributed by atoms with van der Waals surface area (Å²) in [5.41, 5.74) is 4.97. The van der Waals surface area contributed by atoms with Crippen molar-refractivity contribution in [2.75, 3.05) is 36.0 Å². The Bertz CT molecular complexity index is 1140. The van der Waals surface area contributed by atoms with Gasteiger partial charge < -0.3 is 14.5 Å². The van der Waals surface area contributed by atoms with E-state index in [0.29, 0.717) is 5.54 Å². The quantitative estimate of drug-likeness (QED) is 0.304. The van der Waals surface area contributed by atoms with Crippen LogP contribution in [0.5, 0.6) is 5.75 Å². The number of benzene rings is 2. The van der Waals surface area contributed by atoms with Crippen LogP contribution in [0.15, 0.2) is 48.5 Å². The SMILES string of the molecule is CC(C)(C)N1CCCC2CCCCC21.CC(C)(C)N1CCCCc2ccccc21.CC(C)(C)N1CCOc2ccccc21. The van der Waals surface area contributed by atoms with Crippen molar-refractivity contribution in [1.82, 2.24) is 4.90 Å². The number of aryl methyl sites for hydroxylation is 1. The number of hydrogen-bond acceptors (Lipinski definition) is 4. The van der Waals surface area contributed by atoms with E-state index in [1.54, 1.807) is 0 Å². The number of hydrogen-bond donors (Lipinski definition) is 0. The summed E-state index contributed by atoms with van der Waals surface area (Å²) in [4.78, 5) is 7.72. The summed E-state index contributed by atoms with van der Waals surface area (Å²) in [7, 11) is 0. The fraction of sp³-hybridized carbons (Fsp3) is 0.692. The van der Waals surface area contributed by atoms with Gasteiger partial charge in [0.05, 0.1) is 12.2 Å². The minimum absolute atomic E-state index is 0.167. The Morgan fingerprint density at radius 2 is 1.19 bits per heavy atom. The molecular weight excluding hydrogens is 526 g/mol. The number of likely N-dealkylation sites (tertiary alicyclic amines) is 1. The highest BCUT2D eigenvalue weighted by Crippen LogP contribution is 2.38. The van der Waals surface area contributed by atoms with Crippen molar-refractivity contribution < 1.29 is 4.74 Å². The van der Waals surface area contributed by atoms with E-state index in [1.165, 1.54) is 87.8 Å². The third-order valence-electron chi connectivity index (χ3n) is 9.81. The molecule has 3 heterocycles. The summed E-state index contributed by atoms with van der Waals surface area (Å²) in [5.74, 6) is 2.03. The van der Waals surface area contributed by atoms with Gasteiger partial charge in [0.15, 0.2) is 0 Å². The highest BCUT2D eigenvalue weighted by Gasteiger charge is 2.37. The third-order valence-corrected chi connectivity index (χ3v) is 9.81. The van der Waals surface area contributed by atoms with Crippen molar-refractivity contribution in [2.45, 2.75) is 143 Å². The number of anilines is 2. The number of ether oxygens (including phenoxy) is 1. The summed E-state index contributed by atoms with van der Waals surface area (Å²) in [6, 6.07) is 18.0. The first-order valence-corrected chi connectivity index (χ1v) is 17.4. The maximum atomic E-state index is 5.61. The Balaban J connectivity index is 0.000000148. The lowest BCUT2D eigenvalue weighted by atomic mass is 9.76. The Morgan fingerprint density at radius 3 is 1.88 bits per heavy atom. The Labute approximate surface area is 265 Å². The molecule has 0 bridgehead atoms. The zero-order valence-corrected chi connectivity index (χ0v) is 29.2. The molecule has 4 heteroatoms. The van der Waals surface area contributed by atoms with Crippen LogP contribution >= 0.6 is 0 Å². The lowest BCUT2D eigenvalue weighted by molar-refractivity contribution is -0.00454. The molecule has 4 nitrogen and oxygen atoms in total. The van der Waals surface area contributed by atoms with Crippen LogP contribution in [-0.4, -0.2) is 53.8 Å². The van der Waals surface area contributed by atoms with E-state index in [9.17, 15) is 0 Å². The average Bonchev–Trinajstić information content (AvgIpc) is 3.19. The lowest BCUT2D eigenvalue weighted by Gasteiger charge is -2.50. The molecule has 240 valence electrons. The van der Waals surface area contributed by atoms with Gasteiger partial charge in [-0.15, -0.1) is 0 Å². The number of fused-ring (bicyclic) bond motifs is 3. The molecule has 1 saturated heterocycles. The van der Waals surface area contributed by atoms with Crippen LogP contribution in [0, 0.1) is 5.92 Å². The fourth-order valence-electron chi connectivity index (χ4n) is 7.71. The van der Waals surface area contributed by atoms with E-state index in [0.717, 1.165) is 30.9 Å². The first kappa shape index (κ1) is 33.7. The third kappa shape index (κ3) is 8.93. The molecule has 6 rings (SSSR count). The van der Waals surface area contributed by atoms with E-state index in [4.69, 9.17) is 4.74 Å². The van der Waals surface area contributed by atoms with Gasteiger partial charge in [-0.25, -0.2) is 0 Å². The summed E-state index contributed by atoms with van der Waals surface area (Å²) >= 11 is 0. The molecule has 2 aromatic carbocycles. The van der Waals surface area contributed by atoms with Crippen LogP contribution in [-0.2, 0) is 6.42 Å². The Hall–Kier alpha value is -2.20. The van der Waals surface area contributed by atoms with Crippen LogP contribution in [0.25, 0.3) is 0 Å². The van der Waals surface area contributed by atoms with Gasteiger partial charge in [-0.3, -0.25) is 4.90 Å². The number of nitrogens with zero attached hydrogens (tertiary/aromatic N) is 3. The number of piperidine rings is 1. The van der Waals surface area contributed by atoms with Gasteiger partial charge in [0.25, 0.3) is 0 Å². The molecule has 3 aliphatic heterocycles. The van der Waals surface area contributed by atoms with Crippen molar-refractivity contribution in [3.63, 3.8) is 0 Å². The second-order valence-corrected chi connectivity index (χ2v) is 16.2. The summed E-state index contributed by atoms with van der Waals surface area (Å²) < 4.78 is 5.61. The summed E-state index contributed by atoms with van der Waals surface area (Å²) in [5, 5.41) is 0. The second-order valence-electron chi connectivity index (χ2n) is 16.2. The van der Waals surface area contributed by atoms with Crippen LogP contribution in [0.3, 0.4) is 0 Å². The van der Waals surface area contributed by atoms with Gasteiger partial charge in [0, 0.05) is 34.9 Å². The summed E-state index contributed by atoms with van der Waals surface area (Å²) in [6.45, 7) is 25.0. The first-order chi connectivity index (χ1) is 20.3. The summed E-state index contributed by atoms with van der Waals surface area (Å²) in [6.07, 6.45) is 12.7. The fourth-order valence-corrected chi connectivity index (χ4v) is 7.71. The zero-order valence-electron chi connectivity index (χ0n) is 29.2. The second kappa shape index (κ2) is 14.3. The molecule has 1 aliphatic carbocycles. The van der Waals surface area contributed by atoms with E-state index < -0.39 is 0 Å². The normalized spacial score (nSPS) is 22.7. The Kier molecular flexibility index (Phi) is 11.2. The van der Waals surface area contributed by atoms with Gasteiger partial charge in [-0.1, -0.05) is 43.2 Å². The molecule has 0 spiro atoms. The maximum absolute atomic E-state index is 5.61. The Morgan fingerprint density at radius 1 is 0.581 bits per heavy atom. The largest absolute Gasteiger partial charge is 0.490 e. The molecule has 0 amide bonds. The van der Waals surface area contributed by atoms with E-state index >= 15 is 0 Å². The van der Waals surface area contributed by atoms with Crippen molar-refractivity contribution in [2.24, 2.45) is 5.92 Å². The standard InChI is InChI=1S/C14H21N.C13H25N.C12H17NO/c1-14(2,3)15-11-7-6-9-12-8-4-5-10-13(12)15;1-13(2,3)14-10-6-8-11-7-4-5-9-12(11)14;1-12(2,3)13-8-9-14-11-7-5-4-6-10(11)13/h4-5,8,10H,6-7,9,11H2,1-3H3;11-12H,4-10H2,1-3H3;4-7H,8-9H2,1-3H3. The van der Waals surface area contributed by atoms with Crippen molar-refractivity contribution in [3.05, 3.63) is 54.1 Å². The smallest absolute Gasteiger partial charge is 0.142 e. The van der Waals surface area contributed by atoms with E-state index in [-0.39, 0.29) is 11.1 Å². The monoisotopic (exact) mass is 589 g/mol. The minimum atomic E-state index is 0.167. The molecule has 2 unspecified atom stereocenters. The molecule has 0 N–H and O–H groups in total. The predicted octanol–water partition coefficient (Wildman–Crippen LogP) is 9.75. The van der Waals surface area contributed by atoms with Gasteiger partial charge in [-0.05, 0) is 143 Å². The van der Waals surface area contributed by atoms with Crippen LogP contribution < -0.4 is 14.5 Å². The van der Waals surface area contributed by atoms with Crippen molar-refractivity contribution in [1.29, 1.82) is 0 Å². The molecule has 1 saturated carbocycles. The predicted molar refractivity (Wildman–Crippen MR) is 187 cm³/mol. The van der Waals surface area contributed by atoms with Crippen molar-refractivity contribution in [3.8, 4) is 5.75 Å². The molecular formula is C39H63N3O. The number of rotatable bonds is 0. The van der Waals surface area contributed by atoms with Gasteiger partial charge >= 0.3 is 0 Å². The topological polar surface area (TPSA) is 19.0 Å². The van der Waals surface area contributed by atoms with Crippen LogP contribution in [0.1, 0.15) is 119 Å². The minimum Gasteiger partial charge on any atom is -0.490 e. The molecule has 43 heavy (non-hydrogen) atoms. The maximum Gasteiger partial charge on any atom is 0.142 e. The van der Waals surface area contributed by atoms with Crippen LogP contribution in [0.4, 0.5) is 11.4 Å². The van der Waals surface area contributed by atoms with Gasteiger partial charge in [0.1, 0.15) is 12.4 Å². The van der Waals surface area contributed by atoms with Gasteiger partial charge in [-0.2, -0.15) is 0 Å². The molecule has 0 radical (unpaired) electrons. The van der Waals surface area contributed by atoms with Gasteiger partial charge in [0.2, 0.25) is 0 Å². The zero-order chi connectivity index (χ0) is 31.3. The molecule has 4 aliphatic rings. The van der Waals surface area contributed by atoms with E-state index in [1.807, 2.05) is 12.1 Å². The number of para-hydroxylation sites is 3. The molecule has 2 fully saturated rings. The van der Waals surface area contributed by atoms with Crippen molar-refractivity contribution >= 4 is 11.4 Å². The van der Waals surface area contributed by atoms with E-state index in [2.05, 4.69) is 113 Å². The molecule has 0 aromatic heterocycles. The molecule has 2 aromatic rings.